The zero-order chi connectivity index (χ0) is 15.6. The fraction of sp³-hybridized carbons (Fsp3) is 0.250. The van der Waals surface area contributed by atoms with Gasteiger partial charge in [0.2, 0.25) is 0 Å². The zero-order valence-corrected chi connectivity index (χ0v) is 12.1. The van der Waals surface area contributed by atoms with E-state index in [1.807, 2.05) is 0 Å². The monoisotopic (exact) mass is 336 g/mol. The second-order valence-electron chi connectivity index (χ2n) is 4.15. The van der Waals surface area contributed by atoms with Crippen LogP contribution >= 0.6 is 23.2 Å². The van der Waals surface area contributed by atoms with Crippen molar-refractivity contribution in [2.45, 2.75) is 19.1 Å². The third-order valence-corrected chi connectivity index (χ3v) is 2.90. The van der Waals surface area contributed by atoms with Gasteiger partial charge in [0.15, 0.2) is 5.82 Å². The summed E-state index contributed by atoms with van der Waals surface area (Å²) in [6.45, 7) is 0.979. The summed E-state index contributed by atoms with van der Waals surface area (Å²) in [6.07, 6.45) is -4.40. The number of anilines is 1. The van der Waals surface area contributed by atoms with Crippen LogP contribution in [0, 0.1) is 0 Å². The highest BCUT2D eigenvalue weighted by molar-refractivity contribution is 6.30. The first-order valence-corrected chi connectivity index (χ1v) is 6.52. The van der Waals surface area contributed by atoms with Crippen molar-refractivity contribution in [1.29, 1.82) is 0 Å². The number of rotatable bonds is 3. The zero-order valence-electron chi connectivity index (χ0n) is 10.6. The highest BCUT2D eigenvalue weighted by atomic mass is 35.5. The van der Waals surface area contributed by atoms with Gasteiger partial charge in [0.05, 0.1) is 0 Å². The lowest BCUT2D eigenvalue weighted by molar-refractivity contribution is -0.138. The Balaban J connectivity index is 2.34. The molecule has 0 aliphatic heterocycles. The molecule has 0 aliphatic rings. The van der Waals surface area contributed by atoms with Crippen LogP contribution < -0.4 is 5.32 Å². The van der Waals surface area contributed by atoms with E-state index in [9.17, 15) is 13.2 Å². The van der Waals surface area contributed by atoms with Crippen molar-refractivity contribution in [1.82, 2.24) is 15.0 Å². The number of alkyl halides is 3. The van der Waals surface area contributed by atoms with E-state index in [1.54, 1.807) is 18.2 Å². The maximum atomic E-state index is 12.5. The van der Waals surface area contributed by atoms with E-state index in [4.69, 9.17) is 23.2 Å². The Morgan fingerprint density at radius 1 is 1.10 bits per heavy atom. The van der Waals surface area contributed by atoms with Crippen molar-refractivity contribution < 1.29 is 13.2 Å². The minimum Gasteiger partial charge on any atom is -0.359 e. The quantitative estimate of drug-likeness (QED) is 0.673. The molecule has 1 atom stereocenters. The Morgan fingerprint density at radius 2 is 1.81 bits per heavy atom. The molecular formula is C12H9Cl2F3N4. The van der Waals surface area contributed by atoms with Gasteiger partial charge in [0, 0.05) is 6.07 Å². The molecule has 0 aliphatic carbocycles. The van der Waals surface area contributed by atoms with Crippen LogP contribution in [0.5, 0.6) is 0 Å². The molecule has 112 valence electrons. The second kappa shape index (κ2) is 6.03. The van der Waals surface area contributed by atoms with E-state index in [2.05, 4.69) is 20.3 Å². The lowest BCUT2D eigenvalue weighted by Crippen LogP contribution is -2.33. The average molecular weight is 337 g/mol. The largest absolute Gasteiger partial charge is 0.408 e. The molecule has 0 fully saturated rings. The topological polar surface area (TPSA) is 50.7 Å². The van der Waals surface area contributed by atoms with E-state index >= 15 is 0 Å². The third kappa shape index (κ3) is 4.18. The van der Waals surface area contributed by atoms with Crippen molar-refractivity contribution in [3.8, 4) is 11.5 Å². The molecule has 2 rings (SSSR count). The predicted octanol–water partition coefficient (Wildman–Crippen LogP) is 4.21. The van der Waals surface area contributed by atoms with Gasteiger partial charge >= 0.3 is 6.18 Å². The molecule has 0 saturated heterocycles. The van der Waals surface area contributed by atoms with Gasteiger partial charge in [-0.15, -0.1) is 0 Å². The Hall–Kier alpha value is -1.60. The van der Waals surface area contributed by atoms with Gasteiger partial charge in [0.1, 0.15) is 27.9 Å². The van der Waals surface area contributed by atoms with Crippen molar-refractivity contribution in [2.75, 3.05) is 5.32 Å². The molecule has 0 radical (unpaired) electrons. The van der Waals surface area contributed by atoms with Crippen LogP contribution in [0.3, 0.4) is 0 Å². The molecule has 0 spiro atoms. The molecule has 0 bridgehead atoms. The Bertz CT molecular complexity index is 649. The van der Waals surface area contributed by atoms with E-state index in [0.29, 0.717) is 5.69 Å². The number of hydrogen-bond acceptors (Lipinski definition) is 4. The van der Waals surface area contributed by atoms with Gasteiger partial charge < -0.3 is 5.32 Å². The summed E-state index contributed by atoms with van der Waals surface area (Å²) >= 11 is 11.6. The maximum absolute atomic E-state index is 12.5. The van der Waals surface area contributed by atoms with Crippen LogP contribution in [0.25, 0.3) is 11.5 Å². The van der Waals surface area contributed by atoms with Gasteiger partial charge in [-0.1, -0.05) is 29.3 Å². The summed E-state index contributed by atoms with van der Waals surface area (Å²) in [4.78, 5) is 11.9. The van der Waals surface area contributed by atoms with Crippen LogP contribution in [0.4, 0.5) is 19.0 Å². The van der Waals surface area contributed by atoms with Gasteiger partial charge in [0.25, 0.3) is 0 Å². The molecule has 0 saturated carbocycles. The van der Waals surface area contributed by atoms with Crippen LogP contribution in [0.1, 0.15) is 6.92 Å². The molecule has 2 aromatic heterocycles. The number of nitrogens with zero attached hydrogens (tertiary/aromatic N) is 3. The van der Waals surface area contributed by atoms with Gasteiger partial charge in [-0.2, -0.15) is 13.2 Å². The number of pyridine rings is 1. The van der Waals surface area contributed by atoms with Crippen molar-refractivity contribution in [3.63, 3.8) is 0 Å². The molecule has 9 heteroatoms. The number of aromatic nitrogens is 3. The Kier molecular flexibility index (Phi) is 4.53. The Labute approximate surface area is 128 Å². The third-order valence-electron chi connectivity index (χ3n) is 2.49. The molecule has 1 N–H and O–H groups in total. The van der Waals surface area contributed by atoms with E-state index in [1.165, 1.54) is 6.07 Å². The highest BCUT2D eigenvalue weighted by Gasteiger charge is 2.36. The number of hydrogen-bond donors (Lipinski definition) is 1. The van der Waals surface area contributed by atoms with Gasteiger partial charge in [-0.25, -0.2) is 15.0 Å². The maximum Gasteiger partial charge on any atom is 0.408 e. The summed E-state index contributed by atoms with van der Waals surface area (Å²) in [5, 5.41) is 2.44. The van der Waals surface area contributed by atoms with Crippen molar-refractivity contribution >= 4 is 29.0 Å². The fourth-order valence-corrected chi connectivity index (χ4v) is 1.79. The second-order valence-corrected chi connectivity index (χ2v) is 4.93. The SMILES string of the molecule is C[C@@H](Nc1cc(Cl)nc(-c2cccc(Cl)n2)n1)C(F)(F)F. The van der Waals surface area contributed by atoms with Crippen molar-refractivity contribution in [2.24, 2.45) is 0 Å². The van der Waals surface area contributed by atoms with E-state index < -0.39 is 12.2 Å². The van der Waals surface area contributed by atoms with Gasteiger partial charge in [-0.3, -0.25) is 0 Å². The highest BCUT2D eigenvalue weighted by Crippen LogP contribution is 2.25. The summed E-state index contributed by atoms with van der Waals surface area (Å²) in [5.74, 6) is 0.0403. The molecule has 0 unspecified atom stereocenters. The minimum absolute atomic E-state index is 0.00125. The molecule has 2 aromatic rings. The number of halogens is 5. The van der Waals surface area contributed by atoms with Gasteiger partial charge in [-0.05, 0) is 19.1 Å². The summed E-state index contributed by atoms with van der Waals surface area (Å²) in [7, 11) is 0. The van der Waals surface area contributed by atoms with Crippen molar-refractivity contribution in [3.05, 3.63) is 34.6 Å². The lowest BCUT2D eigenvalue weighted by atomic mass is 10.3. The fourth-order valence-electron chi connectivity index (χ4n) is 1.44. The van der Waals surface area contributed by atoms with Crippen LogP contribution in [-0.4, -0.2) is 27.2 Å². The summed E-state index contributed by atoms with van der Waals surface area (Å²) in [5.41, 5.74) is 0.313. The molecule has 2 heterocycles. The van der Waals surface area contributed by atoms with Crippen LogP contribution in [0.15, 0.2) is 24.3 Å². The van der Waals surface area contributed by atoms with E-state index in [-0.39, 0.29) is 21.9 Å². The molecule has 0 aromatic carbocycles. The number of nitrogens with one attached hydrogen (secondary N) is 1. The standard InChI is InChI=1S/C12H9Cl2F3N4/c1-6(12(15,16)17)18-10-5-9(14)20-11(21-10)7-3-2-4-8(13)19-7/h2-6H,1H3,(H,18,20,21)/t6-/m1/s1. The predicted molar refractivity (Wildman–Crippen MR) is 74.4 cm³/mol. The normalized spacial score (nSPS) is 13.0. The van der Waals surface area contributed by atoms with Crippen LogP contribution in [-0.2, 0) is 0 Å². The molecule has 21 heavy (non-hydrogen) atoms. The first-order chi connectivity index (χ1) is 9.75. The first kappa shape index (κ1) is 15.8. The Morgan fingerprint density at radius 3 is 2.43 bits per heavy atom. The average Bonchev–Trinajstić information content (AvgIpc) is 2.37. The molecular weight excluding hydrogens is 328 g/mol. The smallest absolute Gasteiger partial charge is 0.359 e. The molecule has 0 amide bonds. The lowest BCUT2D eigenvalue weighted by Gasteiger charge is -2.18. The van der Waals surface area contributed by atoms with E-state index in [0.717, 1.165) is 6.92 Å². The summed E-state index contributed by atoms with van der Waals surface area (Å²) < 4.78 is 37.6. The van der Waals surface area contributed by atoms with Crippen LogP contribution in [0.2, 0.25) is 10.3 Å². The molecule has 4 nitrogen and oxygen atoms in total. The summed E-state index contributed by atoms with van der Waals surface area (Å²) in [6, 6.07) is 4.19. The first-order valence-electron chi connectivity index (χ1n) is 5.76. The minimum atomic E-state index is -4.40.